The molecule has 0 saturated heterocycles. The van der Waals surface area contributed by atoms with E-state index in [1.54, 1.807) is 44.2 Å². The highest BCUT2D eigenvalue weighted by Gasteiger charge is 2.35. The first-order chi connectivity index (χ1) is 9.26. The lowest BCUT2D eigenvalue weighted by molar-refractivity contribution is -0.140. The van der Waals surface area contributed by atoms with Crippen LogP contribution in [-0.4, -0.2) is 28.9 Å². The molecule has 1 atom stereocenters. The van der Waals surface area contributed by atoms with E-state index in [1.807, 2.05) is 0 Å². The molecule has 0 radical (unpaired) electrons. The first-order valence-electron chi connectivity index (χ1n) is 5.93. The number of carbonyl (C=O) groups is 1. The molecule has 0 aliphatic carbocycles. The molecule has 1 rings (SSSR count). The van der Waals surface area contributed by atoms with Gasteiger partial charge in [-0.1, -0.05) is 32.0 Å². The highest BCUT2D eigenvalue weighted by molar-refractivity contribution is 7.46. The van der Waals surface area contributed by atoms with E-state index >= 15 is 0 Å². The van der Waals surface area contributed by atoms with Gasteiger partial charge >= 0.3 is 13.8 Å². The second kappa shape index (κ2) is 6.85. The third-order valence-electron chi connectivity index (χ3n) is 2.54. The summed E-state index contributed by atoms with van der Waals surface area (Å²) in [6, 6.07) is 7.76. The molecule has 1 aromatic carbocycles. The van der Waals surface area contributed by atoms with Crippen molar-refractivity contribution in [3.63, 3.8) is 0 Å². The summed E-state index contributed by atoms with van der Waals surface area (Å²) in [7, 11) is -3.52. The van der Waals surface area contributed by atoms with Gasteiger partial charge in [-0.05, 0) is 18.1 Å². The van der Waals surface area contributed by atoms with Gasteiger partial charge in [0.05, 0.1) is 12.8 Å². The van der Waals surface area contributed by atoms with Crippen molar-refractivity contribution in [1.29, 1.82) is 0 Å². The molecule has 112 valence electrons. The Balaban J connectivity index is 3.05. The Morgan fingerprint density at radius 2 is 1.80 bits per heavy atom. The average molecular weight is 303 g/mol. The number of benzene rings is 1. The van der Waals surface area contributed by atoms with Gasteiger partial charge < -0.3 is 4.52 Å². The van der Waals surface area contributed by atoms with Crippen LogP contribution in [0.15, 0.2) is 30.3 Å². The minimum absolute atomic E-state index is 0.283. The summed E-state index contributed by atoms with van der Waals surface area (Å²) in [6.45, 7) is 3.45. The van der Waals surface area contributed by atoms with E-state index in [2.05, 4.69) is 4.52 Å². The first-order valence-corrected chi connectivity index (χ1v) is 7.46. The Bertz CT molecular complexity index is 486. The van der Waals surface area contributed by atoms with Crippen LogP contribution in [-0.2, 0) is 18.7 Å². The zero-order chi connectivity index (χ0) is 15.3. The van der Waals surface area contributed by atoms with E-state index in [4.69, 9.17) is 14.6 Å². The molecule has 0 unspecified atom stereocenters. The number of para-hydroxylation sites is 1. The molecule has 0 aliphatic rings. The predicted octanol–water partition coefficient (Wildman–Crippen LogP) is 1.71. The summed E-state index contributed by atoms with van der Waals surface area (Å²) in [5, 5.41) is 1.27. The molecule has 1 aromatic rings. The quantitative estimate of drug-likeness (QED) is 0.610. The summed E-state index contributed by atoms with van der Waals surface area (Å²) in [5.41, 5.74) is 0.580. The molecule has 0 spiro atoms. The van der Waals surface area contributed by atoms with E-state index in [1.165, 1.54) is 12.2 Å². The summed E-state index contributed by atoms with van der Waals surface area (Å²) in [6.07, 6.45) is 0. The molecule has 0 amide bonds. The minimum atomic E-state index is -4.89. The van der Waals surface area contributed by atoms with E-state index in [0.717, 1.165) is 0 Å². The average Bonchev–Trinajstić information content (AvgIpc) is 2.33. The summed E-state index contributed by atoms with van der Waals surface area (Å²) < 4.78 is 15.0. The van der Waals surface area contributed by atoms with Crippen molar-refractivity contribution >= 4 is 19.5 Å². The van der Waals surface area contributed by atoms with Crippen LogP contribution in [0.4, 0.5) is 5.69 Å². The Kier molecular flexibility index (Phi) is 5.71. The molecule has 0 aromatic heterocycles. The summed E-state index contributed by atoms with van der Waals surface area (Å²) in [5.74, 6) is -1.33. The van der Waals surface area contributed by atoms with Gasteiger partial charge in [0.15, 0.2) is 6.04 Å². The summed E-state index contributed by atoms with van der Waals surface area (Å²) in [4.78, 5) is 34.6. The highest BCUT2D eigenvalue weighted by Crippen LogP contribution is 2.37. The van der Waals surface area contributed by atoms with Crippen LogP contribution in [0.3, 0.4) is 0 Å². The molecule has 0 heterocycles. The van der Waals surface area contributed by atoms with Crippen molar-refractivity contribution in [2.45, 2.75) is 19.9 Å². The lowest BCUT2D eigenvalue weighted by Crippen LogP contribution is -2.45. The maximum absolute atomic E-state index is 11.9. The molecule has 2 N–H and O–H groups in total. The maximum atomic E-state index is 11.9. The molecule has 0 saturated carbocycles. The van der Waals surface area contributed by atoms with Crippen molar-refractivity contribution in [2.75, 3.05) is 12.2 Å². The van der Waals surface area contributed by atoms with Crippen molar-refractivity contribution in [1.82, 2.24) is 0 Å². The van der Waals surface area contributed by atoms with Crippen LogP contribution in [0.5, 0.6) is 0 Å². The lowest BCUT2D eigenvalue weighted by atomic mass is 10.0. The minimum Gasteiger partial charge on any atom is -0.369 e. The predicted molar refractivity (Wildman–Crippen MR) is 72.7 cm³/mol. The highest BCUT2D eigenvalue weighted by atomic mass is 31.2. The fourth-order valence-electron chi connectivity index (χ4n) is 1.76. The zero-order valence-corrected chi connectivity index (χ0v) is 12.4. The molecule has 20 heavy (non-hydrogen) atoms. The van der Waals surface area contributed by atoms with Gasteiger partial charge in [-0.25, -0.2) is 14.4 Å². The SMILES string of the molecule is CON(c1ccccc1)[C@H](C(=O)OP(=O)(O)O)C(C)C. The molecular formula is C12H18NO6P. The van der Waals surface area contributed by atoms with E-state index in [9.17, 15) is 9.36 Å². The number of phosphoric ester groups is 1. The van der Waals surface area contributed by atoms with Crippen molar-refractivity contribution in [3.8, 4) is 0 Å². The molecule has 8 heteroatoms. The number of nitrogens with zero attached hydrogens (tertiary/aromatic N) is 1. The number of hydrogen-bond acceptors (Lipinski definition) is 5. The number of rotatable bonds is 6. The van der Waals surface area contributed by atoms with Gasteiger partial charge in [-0.3, -0.25) is 14.6 Å². The van der Waals surface area contributed by atoms with Crippen LogP contribution in [0.1, 0.15) is 13.8 Å². The van der Waals surface area contributed by atoms with Gasteiger partial charge in [0.2, 0.25) is 0 Å². The van der Waals surface area contributed by atoms with Crippen LogP contribution in [0.25, 0.3) is 0 Å². The van der Waals surface area contributed by atoms with Crippen LogP contribution in [0.2, 0.25) is 0 Å². The zero-order valence-electron chi connectivity index (χ0n) is 11.5. The van der Waals surface area contributed by atoms with Crippen LogP contribution in [0, 0.1) is 5.92 Å². The molecular weight excluding hydrogens is 285 g/mol. The van der Waals surface area contributed by atoms with Crippen LogP contribution >= 0.6 is 7.82 Å². The van der Waals surface area contributed by atoms with E-state index in [-0.39, 0.29) is 5.92 Å². The number of anilines is 1. The smallest absolute Gasteiger partial charge is 0.369 e. The largest absolute Gasteiger partial charge is 0.527 e. The van der Waals surface area contributed by atoms with Gasteiger partial charge in [-0.2, -0.15) is 0 Å². The molecule has 0 aliphatic heterocycles. The number of hydrogen-bond donors (Lipinski definition) is 2. The second-order valence-electron chi connectivity index (χ2n) is 4.43. The maximum Gasteiger partial charge on any atom is 0.527 e. The lowest BCUT2D eigenvalue weighted by Gasteiger charge is -2.31. The normalized spacial score (nSPS) is 13.1. The topological polar surface area (TPSA) is 96.3 Å². The van der Waals surface area contributed by atoms with Gasteiger partial charge in [0.1, 0.15) is 0 Å². The second-order valence-corrected chi connectivity index (χ2v) is 5.60. The molecule has 0 fully saturated rings. The number of phosphoric acid groups is 1. The number of carbonyl (C=O) groups excluding carboxylic acids is 1. The molecule has 0 bridgehead atoms. The third kappa shape index (κ3) is 4.61. The van der Waals surface area contributed by atoms with Crippen molar-refractivity contribution in [2.24, 2.45) is 5.92 Å². The van der Waals surface area contributed by atoms with Gasteiger partial charge in [0.25, 0.3) is 0 Å². The fraction of sp³-hybridized carbons (Fsp3) is 0.417. The Morgan fingerprint density at radius 1 is 1.25 bits per heavy atom. The Labute approximate surface area is 117 Å². The van der Waals surface area contributed by atoms with Gasteiger partial charge in [0, 0.05) is 0 Å². The van der Waals surface area contributed by atoms with E-state index < -0.39 is 19.8 Å². The van der Waals surface area contributed by atoms with Gasteiger partial charge in [-0.15, -0.1) is 0 Å². The number of hydroxylamine groups is 1. The Morgan fingerprint density at radius 3 is 2.20 bits per heavy atom. The Hall–Kier alpha value is -1.40. The third-order valence-corrected chi connectivity index (χ3v) is 2.96. The standard InChI is InChI=1S/C12H18NO6P/c1-9(2)11(12(14)19-20(15,16)17)13(18-3)10-7-5-4-6-8-10/h4-9,11H,1-3H3,(H2,15,16,17)/t11-/m0/s1. The fourth-order valence-corrected chi connectivity index (χ4v) is 2.11. The monoisotopic (exact) mass is 303 g/mol. The summed E-state index contributed by atoms with van der Waals surface area (Å²) >= 11 is 0. The van der Waals surface area contributed by atoms with Crippen molar-refractivity contribution in [3.05, 3.63) is 30.3 Å². The van der Waals surface area contributed by atoms with Crippen LogP contribution < -0.4 is 5.06 Å². The van der Waals surface area contributed by atoms with Crippen molar-refractivity contribution < 1.29 is 28.5 Å². The first kappa shape index (κ1) is 16.7. The molecule has 7 nitrogen and oxygen atoms in total. The van der Waals surface area contributed by atoms with E-state index in [0.29, 0.717) is 5.69 Å².